The van der Waals surface area contributed by atoms with Gasteiger partial charge in [-0.1, -0.05) is 30.3 Å². The van der Waals surface area contributed by atoms with Crippen molar-refractivity contribution in [3.63, 3.8) is 0 Å². The van der Waals surface area contributed by atoms with Crippen LogP contribution in [0.5, 0.6) is 11.5 Å². The number of benzene rings is 3. The molecule has 1 heterocycles. The molecule has 0 aliphatic carbocycles. The van der Waals surface area contributed by atoms with Gasteiger partial charge >= 0.3 is 0 Å². The molecular weight excluding hydrogens is 336 g/mol. The molecule has 0 atom stereocenters. The summed E-state index contributed by atoms with van der Waals surface area (Å²) in [6.45, 7) is 0. The standard InChI is InChI=1S/C23H18N2O2/c26-19-10-6-17(7-11-19)22-15-24-23(18-8-12-20(27)13-9-18)21(25-22)14-16-4-2-1-3-5-16/h1-13,15,26-27H,14H2. The third-order valence-corrected chi connectivity index (χ3v) is 4.36. The number of phenolic OH excluding ortho intramolecular Hbond substituents is 2. The van der Waals surface area contributed by atoms with Crippen LogP contribution in [-0.4, -0.2) is 20.2 Å². The fraction of sp³-hybridized carbons (Fsp3) is 0.0435. The van der Waals surface area contributed by atoms with Crippen LogP contribution >= 0.6 is 0 Å². The van der Waals surface area contributed by atoms with Crippen molar-refractivity contribution in [2.75, 3.05) is 0 Å². The molecule has 4 nitrogen and oxygen atoms in total. The molecule has 0 saturated carbocycles. The summed E-state index contributed by atoms with van der Waals surface area (Å²) in [5, 5.41) is 19.1. The van der Waals surface area contributed by atoms with Crippen LogP contribution in [0, 0.1) is 0 Å². The largest absolute Gasteiger partial charge is 0.508 e. The summed E-state index contributed by atoms with van der Waals surface area (Å²) in [5.74, 6) is 0.439. The first-order valence-electron chi connectivity index (χ1n) is 8.68. The maximum Gasteiger partial charge on any atom is 0.115 e. The average Bonchev–Trinajstić information content (AvgIpc) is 2.70. The number of rotatable bonds is 4. The number of phenols is 2. The smallest absolute Gasteiger partial charge is 0.115 e. The molecular formula is C23H18N2O2. The predicted molar refractivity (Wildman–Crippen MR) is 105 cm³/mol. The van der Waals surface area contributed by atoms with Crippen LogP contribution in [-0.2, 0) is 6.42 Å². The Morgan fingerprint density at radius 1 is 0.667 bits per heavy atom. The van der Waals surface area contributed by atoms with Crippen molar-refractivity contribution in [2.24, 2.45) is 0 Å². The van der Waals surface area contributed by atoms with Gasteiger partial charge < -0.3 is 10.2 Å². The van der Waals surface area contributed by atoms with E-state index in [1.165, 1.54) is 0 Å². The molecule has 27 heavy (non-hydrogen) atoms. The van der Waals surface area contributed by atoms with Gasteiger partial charge in [-0.25, -0.2) is 4.98 Å². The van der Waals surface area contributed by atoms with Crippen molar-refractivity contribution in [3.05, 3.63) is 96.3 Å². The zero-order chi connectivity index (χ0) is 18.6. The zero-order valence-electron chi connectivity index (χ0n) is 14.6. The molecule has 3 aromatic carbocycles. The number of hydrogen-bond acceptors (Lipinski definition) is 4. The molecule has 4 aromatic rings. The number of aromatic hydroxyl groups is 2. The van der Waals surface area contributed by atoms with Crippen LogP contribution in [0.4, 0.5) is 0 Å². The van der Waals surface area contributed by atoms with Crippen LogP contribution < -0.4 is 0 Å². The summed E-state index contributed by atoms with van der Waals surface area (Å²) in [4.78, 5) is 9.53. The van der Waals surface area contributed by atoms with Crippen LogP contribution in [0.3, 0.4) is 0 Å². The Bertz CT molecular complexity index is 1040. The third kappa shape index (κ3) is 3.80. The lowest BCUT2D eigenvalue weighted by Gasteiger charge is -2.11. The van der Waals surface area contributed by atoms with Crippen molar-refractivity contribution < 1.29 is 10.2 Å². The molecule has 0 saturated heterocycles. The maximum absolute atomic E-state index is 9.57. The minimum atomic E-state index is 0.219. The van der Waals surface area contributed by atoms with Gasteiger partial charge in [-0.05, 0) is 54.1 Å². The van der Waals surface area contributed by atoms with Crippen molar-refractivity contribution in [3.8, 4) is 34.0 Å². The highest BCUT2D eigenvalue weighted by Crippen LogP contribution is 2.27. The lowest BCUT2D eigenvalue weighted by Crippen LogP contribution is -2.01. The topological polar surface area (TPSA) is 66.2 Å². The minimum absolute atomic E-state index is 0.219. The van der Waals surface area contributed by atoms with Gasteiger partial charge in [0.1, 0.15) is 11.5 Å². The molecule has 0 fully saturated rings. The SMILES string of the molecule is Oc1ccc(-c2cnc(-c3ccc(O)cc3)c(Cc3ccccc3)n2)cc1. The Labute approximate surface area is 157 Å². The molecule has 0 spiro atoms. The Balaban J connectivity index is 1.80. The normalized spacial score (nSPS) is 10.7. The molecule has 2 N–H and O–H groups in total. The van der Waals surface area contributed by atoms with Gasteiger partial charge in [0, 0.05) is 17.5 Å². The third-order valence-electron chi connectivity index (χ3n) is 4.36. The number of aromatic nitrogens is 2. The Kier molecular flexibility index (Phi) is 4.54. The molecule has 0 aliphatic rings. The summed E-state index contributed by atoms with van der Waals surface area (Å²) < 4.78 is 0. The minimum Gasteiger partial charge on any atom is -0.508 e. The highest BCUT2D eigenvalue weighted by atomic mass is 16.3. The predicted octanol–water partition coefficient (Wildman–Crippen LogP) is 4.81. The van der Waals surface area contributed by atoms with E-state index in [1.807, 2.05) is 42.5 Å². The van der Waals surface area contributed by atoms with Gasteiger partial charge in [0.05, 0.1) is 23.3 Å². The quantitative estimate of drug-likeness (QED) is 0.552. The monoisotopic (exact) mass is 354 g/mol. The first-order valence-corrected chi connectivity index (χ1v) is 8.68. The summed E-state index contributed by atoms with van der Waals surface area (Å²) in [7, 11) is 0. The lowest BCUT2D eigenvalue weighted by atomic mass is 10.0. The summed E-state index contributed by atoms with van der Waals surface area (Å²) in [5.41, 5.74) is 5.35. The van der Waals surface area contributed by atoms with Crippen molar-refractivity contribution in [1.82, 2.24) is 9.97 Å². The Hall–Kier alpha value is -3.66. The summed E-state index contributed by atoms with van der Waals surface area (Å²) >= 11 is 0. The Morgan fingerprint density at radius 2 is 1.26 bits per heavy atom. The zero-order valence-corrected chi connectivity index (χ0v) is 14.6. The van der Waals surface area contributed by atoms with E-state index in [2.05, 4.69) is 17.1 Å². The van der Waals surface area contributed by atoms with Crippen molar-refractivity contribution in [1.29, 1.82) is 0 Å². The fourth-order valence-electron chi connectivity index (χ4n) is 2.97. The molecule has 132 valence electrons. The van der Waals surface area contributed by atoms with Crippen LogP contribution in [0.1, 0.15) is 11.3 Å². The number of nitrogens with zero attached hydrogens (tertiary/aromatic N) is 2. The van der Waals surface area contributed by atoms with Crippen LogP contribution in [0.15, 0.2) is 85.1 Å². The van der Waals surface area contributed by atoms with Gasteiger partial charge in [-0.15, -0.1) is 0 Å². The maximum atomic E-state index is 9.57. The molecule has 0 bridgehead atoms. The second kappa shape index (κ2) is 7.30. The molecule has 4 heteroatoms. The molecule has 0 amide bonds. The van der Waals surface area contributed by atoms with Gasteiger partial charge in [-0.2, -0.15) is 0 Å². The van der Waals surface area contributed by atoms with E-state index >= 15 is 0 Å². The Morgan fingerprint density at radius 3 is 1.89 bits per heavy atom. The highest BCUT2D eigenvalue weighted by Gasteiger charge is 2.12. The van der Waals surface area contributed by atoms with Gasteiger partial charge in [-0.3, -0.25) is 4.98 Å². The van der Waals surface area contributed by atoms with Crippen molar-refractivity contribution in [2.45, 2.75) is 6.42 Å². The lowest BCUT2D eigenvalue weighted by molar-refractivity contribution is 0.475. The average molecular weight is 354 g/mol. The van der Waals surface area contributed by atoms with Gasteiger partial charge in [0.2, 0.25) is 0 Å². The van der Waals surface area contributed by atoms with E-state index in [4.69, 9.17) is 4.98 Å². The van der Waals surface area contributed by atoms with E-state index in [-0.39, 0.29) is 11.5 Å². The van der Waals surface area contributed by atoms with Crippen LogP contribution in [0.25, 0.3) is 22.5 Å². The van der Waals surface area contributed by atoms with Crippen LogP contribution in [0.2, 0.25) is 0 Å². The summed E-state index contributed by atoms with van der Waals surface area (Å²) in [6.07, 6.45) is 2.39. The number of hydrogen-bond donors (Lipinski definition) is 2. The second-order valence-electron chi connectivity index (χ2n) is 6.31. The van der Waals surface area contributed by atoms with Gasteiger partial charge in [0.25, 0.3) is 0 Å². The first-order chi connectivity index (χ1) is 13.2. The first kappa shape index (κ1) is 16.8. The molecule has 0 aliphatic heterocycles. The van der Waals surface area contributed by atoms with Gasteiger partial charge in [0.15, 0.2) is 0 Å². The van der Waals surface area contributed by atoms with Crippen molar-refractivity contribution >= 4 is 0 Å². The summed E-state index contributed by atoms with van der Waals surface area (Å²) in [6, 6.07) is 24.0. The fourth-order valence-corrected chi connectivity index (χ4v) is 2.97. The molecule has 0 unspecified atom stereocenters. The molecule has 1 aromatic heterocycles. The van der Waals surface area contributed by atoms with E-state index in [9.17, 15) is 10.2 Å². The second-order valence-corrected chi connectivity index (χ2v) is 6.31. The van der Waals surface area contributed by atoms with E-state index in [0.29, 0.717) is 6.42 Å². The molecule has 0 radical (unpaired) electrons. The molecule has 4 rings (SSSR count). The van der Waals surface area contributed by atoms with E-state index < -0.39 is 0 Å². The van der Waals surface area contributed by atoms with E-state index in [1.54, 1.807) is 30.5 Å². The highest BCUT2D eigenvalue weighted by molar-refractivity contribution is 5.66. The van der Waals surface area contributed by atoms with E-state index in [0.717, 1.165) is 33.8 Å².